The van der Waals surface area contributed by atoms with E-state index >= 15 is 0 Å². The Hall–Kier alpha value is -6.91. The van der Waals surface area contributed by atoms with Crippen LogP contribution >= 0.6 is 0 Å². The number of nitrogens with one attached hydrogen (secondary N) is 1. The van der Waals surface area contributed by atoms with Crippen molar-refractivity contribution in [3.05, 3.63) is 215 Å². The predicted octanol–water partition coefficient (Wildman–Crippen LogP) is 12.5. The SMILES string of the molecule is C1=CC(c2ccc3c(c2)C2(c4ccccc4-c4ccccc42)c2ccccc2-3)CC(c2cc(-c3nc4ccccc4o3)cc(C3Nc4ccccc4O3)c2)=C1. The normalized spacial score (nSPS) is 17.9. The minimum Gasteiger partial charge on any atom is -0.464 e. The number of allylic oxidation sites excluding steroid dienone is 4. The van der Waals surface area contributed by atoms with Crippen LogP contribution in [0.4, 0.5) is 5.69 Å². The van der Waals surface area contributed by atoms with E-state index in [9.17, 15) is 0 Å². The maximum Gasteiger partial charge on any atom is 0.227 e. The molecule has 4 nitrogen and oxygen atoms in total. The summed E-state index contributed by atoms with van der Waals surface area (Å²) in [5, 5.41) is 3.58. The van der Waals surface area contributed by atoms with Gasteiger partial charge >= 0.3 is 0 Å². The molecule has 2 unspecified atom stereocenters. The van der Waals surface area contributed by atoms with Gasteiger partial charge in [0.05, 0.1) is 11.1 Å². The van der Waals surface area contributed by atoms with Crippen LogP contribution in [0.2, 0.25) is 0 Å². The van der Waals surface area contributed by atoms with E-state index in [1.54, 1.807) is 0 Å². The van der Waals surface area contributed by atoms with Crippen molar-refractivity contribution in [3.8, 4) is 39.5 Å². The van der Waals surface area contributed by atoms with Gasteiger partial charge in [-0.2, -0.15) is 0 Å². The number of para-hydroxylation sites is 4. The molecule has 8 aromatic rings. The number of fused-ring (bicyclic) bond motifs is 12. The lowest BCUT2D eigenvalue weighted by molar-refractivity contribution is 0.260. The minimum absolute atomic E-state index is 0.194. The van der Waals surface area contributed by atoms with Gasteiger partial charge in [-0.05, 0) is 110 Å². The standard InChI is InChI=1S/C51H34N2O2/c1-4-17-41-37(14-1)38-15-2-5-18-42(38)51(41)43-19-6-3-16-39(43)40-25-24-33(30-44(40)51)31-12-11-13-32(26-31)34-27-35(49-52-45-20-7-9-22-47(45)54-49)29-36(28-34)50-53-46-21-8-10-23-48(46)55-50/h1-25,27-31,49,52H,26H2. The Morgan fingerprint density at radius 3 is 1.98 bits per heavy atom. The zero-order chi connectivity index (χ0) is 36.1. The first-order chi connectivity index (χ1) is 27.2. The van der Waals surface area contributed by atoms with Crippen LogP contribution in [0, 0.1) is 0 Å². The summed E-state index contributed by atoms with van der Waals surface area (Å²) in [6.45, 7) is 0. The highest BCUT2D eigenvalue weighted by Gasteiger charge is 2.51. The number of benzene rings is 7. The topological polar surface area (TPSA) is 47.3 Å². The van der Waals surface area contributed by atoms with E-state index in [0.717, 1.165) is 45.6 Å². The molecule has 7 aromatic carbocycles. The van der Waals surface area contributed by atoms with Crippen LogP contribution in [0.5, 0.6) is 5.75 Å². The summed E-state index contributed by atoms with van der Waals surface area (Å²) < 4.78 is 12.8. The molecule has 3 aliphatic carbocycles. The highest BCUT2D eigenvalue weighted by atomic mass is 16.5. The van der Waals surface area contributed by atoms with Crippen molar-refractivity contribution in [1.29, 1.82) is 0 Å². The molecule has 0 amide bonds. The lowest BCUT2D eigenvalue weighted by Crippen LogP contribution is -2.26. The van der Waals surface area contributed by atoms with Crippen LogP contribution in [0.25, 0.3) is 50.4 Å². The molecule has 4 heteroatoms. The number of rotatable bonds is 4. The number of nitrogens with zero attached hydrogens (tertiary/aromatic N) is 1. The Bertz CT molecular complexity index is 2830. The van der Waals surface area contributed by atoms with Gasteiger partial charge in [0.25, 0.3) is 0 Å². The van der Waals surface area contributed by atoms with Crippen LogP contribution in [0.3, 0.4) is 0 Å². The Labute approximate surface area is 319 Å². The molecule has 55 heavy (non-hydrogen) atoms. The maximum absolute atomic E-state index is 6.45. The summed E-state index contributed by atoms with van der Waals surface area (Å²) >= 11 is 0. The Kier molecular flexibility index (Phi) is 6.41. The van der Waals surface area contributed by atoms with Gasteiger partial charge < -0.3 is 14.5 Å². The van der Waals surface area contributed by atoms with Crippen molar-refractivity contribution in [2.24, 2.45) is 0 Å². The van der Waals surface area contributed by atoms with Gasteiger partial charge in [0.1, 0.15) is 11.3 Å². The molecule has 1 aliphatic heterocycles. The third-order valence-electron chi connectivity index (χ3n) is 12.1. The third kappa shape index (κ3) is 4.43. The largest absolute Gasteiger partial charge is 0.464 e. The van der Waals surface area contributed by atoms with E-state index in [2.05, 4.69) is 139 Å². The Morgan fingerprint density at radius 2 is 1.24 bits per heavy atom. The number of hydrogen-bond donors (Lipinski definition) is 1. The molecule has 0 saturated carbocycles. The smallest absolute Gasteiger partial charge is 0.227 e. The molecule has 12 rings (SSSR count). The summed E-state index contributed by atoms with van der Waals surface area (Å²) in [6.07, 6.45) is 7.38. The van der Waals surface area contributed by atoms with E-state index in [4.69, 9.17) is 14.1 Å². The van der Waals surface area contributed by atoms with Crippen LogP contribution in [-0.2, 0) is 5.41 Å². The van der Waals surface area contributed by atoms with E-state index in [1.165, 1.54) is 55.6 Å². The lowest BCUT2D eigenvalue weighted by Gasteiger charge is -2.31. The molecule has 2 atom stereocenters. The second-order valence-corrected chi connectivity index (χ2v) is 15.0. The first-order valence-electron chi connectivity index (χ1n) is 19.1. The number of aromatic nitrogens is 1. The summed E-state index contributed by atoms with van der Waals surface area (Å²) in [7, 11) is 0. The summed E-state index contributed by atoms with van der Waals surface area (Å²) in [5.74, 6) is 1.65. The fourth-order valence-electron chi connectivity index (χ4n) is 9.71. The predicted molar refractivity (Wildman–Crippen MR) is 220 cm³/mol. The molecule has 0 fully saturated rings. The third-order valence-corrected chi connectivity index (χ3v) is 12.1. The molecule has 260 valence electrons. The van der Waals surface area contributed by atoms with Gasteiger partial charge in [-0.3, -0.25) is 0 Å². The first kappa shape index (κ1) is 30.5. The van der Waals surface area contributed by atoms with Crippen molar-refractivity contribution >= 4 is 22.4 Å². The fourth-order valence-corrected chi connectivity index (χ4v) is 9.71. The molecule has 0 saturated heterocycles. The zero-order valence-electron chi connectivity index (χ0n) is 29.9. The van der Waals surface area contributed by atoms with Crippen molar-refractivity contribution < 1.29 is 9.15 Å². The van der Waals surface area contributed by atoms with E-state index < -0.39 is 0 Å². The number of ether oxygens (including phenoxy) is 1. The van der Waals surface area contributed by atoms with E-state index in [-0.39, 0.29) is 17.6 Å². The van der Waals surface area contributed by atoms with Crippen molar-refractivity contribution in [2.75, 3.05) is 5.32 Å². The molecular formula is C51H34N2O2. The molecule has 0 bridgehead atoms. The van der Waals surface area contributed by atoms with Crippen molar-refractivity contribution in [1.82, 2.24) is 4.98 Å². The monoisotopic (exact) mass is 706 g/mol. The van der Waals surface area contributed by atoms with Gasteiger partial charge in [-0.25, -0.2) is 4.98 Å². The molecule has 0 radical (unpaired) electrons. The molecule has 4 aliphatic rings. The number of anilines is 1. The van der Waals surface area contributed by atoms with Gasteiger partial charge in [0, 0.05) is 17.0 Å². The first-order valence-corrected chi connectivity index (χ1v) is 19.1. The van der Waals surface area contributed by atoms with Gasteiger partial charge in [0.2, 0.25) is 5.89 Å². The van der Waals surface area contributed by atoms with Crippen LogP contribution in [0.15, 0.2) is 180 Å². The second-order valence-electron chi connectivity index (χ2n) is 15.0. The number of oxazole rings is 1. The molecular weight excluding hydrogens is 673 g/mol. The molecule has 2 heterocycles. The highest BCUT2D eigenvalue weighted by Crippen LogP contribution is 2.63. The van der Waals surface area contributed by atoms with Gasteiger partial charge in [-0.15, -0.1) is 0 Å². The average molecular weight is 707 g/mol. The van der Waals surface area contributed by atoms with Gasteiger partial charge in [0.15, 0.2) is 11.8 Å². The second kappa shape index (κ2) is 11.5. The maximum atomic E-state index is 6.45. The fraction of sp³-hybridized carbons (Fsp3) is 0.0784. The lowest BCUT2D eigenvalue weighted by atomic mass is 9.70. The quantitative estimate of drug-likeness (QED) is 0.198. The Balaban J connectivity index is 0.958. The van der Waals surface area contributed by atoms with E-state index in [1.807, 2.05) is 42.5 Å². The number of hydrogen-bond acceptors (Lipinski definition) is 4. The van der Waals surface area contributed by atoms with E-state index in [0.29, 0.717) is 5.89 Å². The summed E-state index contributed by atoms with van der Waals surface area (Å²) in [4.78, 5) is 4.89. The van der Waals surface area contributed by atoms with Crippen LogP contribution in [-0.4, -0.2) is 4.98 Å². The van der Waals surface area contributed by atoms with Crippen molar-refractivity contribution in [3.63, 3.8) is 0 Å². The van der Waals surface area contributed by atoms with Crippen LogP contribution in [0.1, 0.15) is 57.5 Å². The Morgan fingerprint density at radius 1 is 0.582 bits per heavy atom. The van der Waals surface area contributed by atoms with Crippen LogP contribution < -0.4 is 10.1 Å². The van der Waals surface area contributed by atoms with Gasteiger partial charge in [-0.1, -0.05) is 133 Å². The summed E-state index contributed by atoms with van der Waals surface area (Å²) in [6, 6.07) is 57.0. The average Bonchev–Trinajstić information content (AvgIpc) is 4.02. The molecule has 1 N–H and O–H groups in total. The molecule has 1 aromatic heterocycles. The van der Waals surface area contributed by atoms with Crippen molar-refractivity contribution in [2.45, 2.75) is 24.0 Å². The summed E-state index contributed by atoms with van der Waals surface area (Å²) in [5.41, 5.74) is 18.7. The minimum atomic E-state index is -0.360. The zero-order valence-corrected chi connectivity index (χ0v) is 29.9. The molecule has 1 spiro atoms. The highest BCUT2D eigenvalue weighted by molar-refractivity contribution is 5.95.